The molecule has 0 radical (unpaired) electrons. The summed E-state index contributed by atoms with van der Waals surface area (Å²) in [6, 6.07) is 8.53. The number of alkyl halides is 3. The van der Waals surface area contributed by atoms with Gasteiger partial charge in [-0.15, -0.1) is 11.3 Å². The van der Waals surface area contributed by atoms with Crippen molar-refractivity contribution in [3.05, 3.63) is 52.9 Å². The number of phenols is 1. The van der Waals surface area contributed by atoms with Gasteiger partial charge >= 0.3 is 6.18 Å². The van der Waals surface area contributed by atoms with E-state index < -0.39 is 17.6 Å². The van der Waals surface area contributed by atoms with E-state index >= 15 is 0 Å². The molecule has 3 aromatic rings. The summed E-state index contributed by atoms with van der Waals surface area (Å²) in [5.74, 6) is -1.01. The van der Waals surface area contributed by atoms with Crippen LogP contribution in [0.1, 0.15) is 61.4 Å². The summed E-state index contributed by atoms with van der Waals surface area (Å²) < 4.78 is 41.7. The van der Waals surface area contributed by atoms with E-state index in [-0.39, 0.29) is 22.7 Å². The zero-order valence-corrected chi connectivity index (χ0v) is 21.2. The number of amides is 1. The molecule has 0 atom stereocenters. The number of aromatic hydroxyl groups is 1. The molecule has 0 aliphatic carbocycles. The number of thiazole rings is 1. The van der Waals surface area contributed by atoms with Crippen LogP contribution in [-0.4, -0.2) is 29.6 Å². The number of carbonyl (C=O) groups is 1. The first-order valence-corrected chi connectivity index (χ1v) is 12.8. The van der Waals surface area contributed by atoms with Crippen LogP contribution in [-0.2, 0) is 6.18 Å². The van der Waals surface area contributed by atoms with Crippen molar-refractivity contribution < 1.29 is 23.1 Å². The first-order chi connectivity index (χ1) is 17.1. The van der Waals surface area contributed by atoms with Crippen molar-refractivity contribution in [2.24, 2.45) is 5.73 Å². The summed E-state index contributed by atoms with van der Waals surface area (Å²) in [7, 11) is 1.69. The van der Waals surface area contributed by atoms with E-state index in [1.807, 2.05) is 0 Å². The second kappa shape index (κ2) is 12.1. The van der Waals surface area contributed by atoms with Gasteiger partial charge in [-0.3, -0.25) is 4.79 Å². The van der Waals surface area contributed by atoms with E-state index in [2.05, 4.69) is 17.2 Å². The second-order valence-corrected chi connectivity index (χ2v) is 9.54. The number of primary amides is 1. The molecule has 1 aromatic heterocycles. The lowest BCUT2D eigenvalue weighted by Crippen LogP contribution is -2.22. The minimum atomic E-state index is -4.51. The Labute approximate surface area is 213 Å². The maximum atomic E-state index is 13.9. The number of unbranched alkanes of at least 4 members (excludes halogenated alkanes) is 5. The Morgan fingerprint density at radius 3 is 2.53 bits per heavy atom. The molecule has 0 saturated carbocycles. The van der Waals surface area contributed by atoms with Gasteiger partial charge in [0, 0.05) is 35.9 Å². The monoisotopic (exact) mass is 520 g/mol. The Morgan fingerprint density at radius 2 is 1.83 bits per heavy atom. The maximum Gasteiger partial charge on any atom is 0.418 e. The van der Waals surface area contributed by atoms with Gasteiger partial charge in [0.15, 0.2) is 5.13 Å². The molecule has 0 unspecified atom stereocenters. The Morgan fingerprint density at radius 1 is 1.11 bits per heavy atom. The average molecular weight is 521 g/mol. The summed E-state index contributed by atoms with van der Waals surface area (Å²) in [6.07, 6.45) is 1.94. The highest BCUT2D eigenvalue weighted by Gasteiger charge is 2.34. The number of nitrogens with zero attached hydrogens (tertiary/aromatic N) is 2. The fourth-order valence-corrected chi connectivity index (χ4v) is 4.64. The smallest absolute Gasteiger partial charge is 0.418 e. The number of rotatable bonds is 12. The van der Waals surface area contributed by atoms with Crippen LogP contribution in [0, 0.1) is 0 Å². The molecule has 0 bridgehead atoms. The van der Waals surface area contributed by atoms with Crippen molar-refractivity contribution in [1.29, 1.82) is 0 Å². The van der Waals surface area contributed by atoms with E-state index in [4.69, 9.17) is 5.73 Å². The van der Waals surface area contributed by atoms with Gasteiger partial charge in [-0.25, -0.2) is 4.98 Å². The zero-order valence-electron chi connectivity index (χ0n) is 20.4. The Balaban J connectivity index is 1.74. The van der Waals surface area contributed by atoms with Gasteiger partial charge in [0.25, 0.3) is 5.91 Å². The normalized spacial score (nSPS) is 11.5. The maximum absolute atomic E-state index is 13.9. The fourth-order valence-electron chi connectivity index (χ4n) is 3.90. The Bertz CT molecular complexity index is 1180. The zero-order chi connectivity index (χ0) is 26.3. The van der Waals surface area contributed by atoms with Crippen molar-refractivity contribution in [1.82, 2.24) is 4.98 Å². The van der Waals surface area contributed by atoms with Crippen LogP contribution in [0.5, 0.6) is 5.75 Å². The van der Waals surface area contributed by atoms with Crippen LogP contribution in [0.4, 0.5) is 29.7 Å². The van der Waals surface area contributed by atoms with E-state index in [1.165, 1.54) is 36.0 Å². The molecule has 2 aromatic carbocycles. The minimum absolute atomic E-state index is 0.0366. The van der Waals surface area contributed by atoms with Crippen LogP contribution in [0.15, 0.2) is 41.8 Å². The number of hydrogen-bond donors (Lipinski definition) is 3. The third-order valence-electron chi connectivity index (χ3n) is 5.87. The summed E-state index contributed by atoms with van der Waals surface area (Å²) >= 11 is 1.21. The number of halogens is 3. The third-order valence-corrected chi connectivity index (χ3v) is 6.63. The van der Waals surface area contributed by atoms with Crippen molar-refractivity contribution in [3.8, 4) is 17.0 Å². The number of aromatic nitrogens is 1. The van der Waals surface area contributed by atoms with Crippen molar-refractivity contribution in [2.75, 3.05) is 23.8 Å². The average Bonchev–Trinajstić information content (AvgIpc) is 3.29. The van der Waals surface area contributed by atoms with Crippen LogP contribution >= 0.6 is 11.3 Å². The third kappa shape index (κ3) is 7.13. The molecule has 4 N–H and O–H groups in total. The highest BCUT2D eigenvalue weighted by molar-refractivity contribution is 7.14. The molecular weight excluding hydrogens is 489 g/mol. The molecule has 6 nitrogen and oxygen atoms in total. The van der Waals surface area contributed by atoms with Crippen molar-refractivity contribution in [2.45, 2.75) is 51.6 Å². The molecule has 0 fully saturated rings. The van der Waals surface area contributed by atoms with Crippen LogP contribution < -0.4 is 16.0 Å². The van der Waals surface area contributed by atoms with Gasteiger partial charge < -0.3 is 21.1 Å². The molecular formula is C26H31F3N4O2S. The van der Waals surface area contributed by atoms with Gasteiger partial charge in [-0.1, -0.05) is 39.0 Å². The molecule has 10 heteroatoms. The highest BCUT2D eigenvalue weighted by atomic mass is 32.1. The van der Waals surface area contributed by atoms with E-state index in [1.54, 1.807) is 29.5 Å². The van der Waals surface area contributed by atoms with Gasteiger partial charge in [-0.05, 0) is 42.8 Å². The molecule has 0 aliphatic heterocycles. The SMILES string of the molecule is CCCCCCCCN(C)c1ccc(Nc2nc(-c3ccc(O)c(C(N)=O)c3)cs2)cc1C(F)(F)F. The number of hydrogen-bond acceptors (Lipinski definition) is 6. The predicted molar refractivity (Wildman–Crippen MR) is 139 cm³/mol. The van der Waals surface area contributed by atoms with Crippen molar-refractivity contribution in [3.63, 3.8) is 0 Å². The predicted octanol–water partition coefficient (Wildman–Crippen LogP) is 7.17. The minimum Gasteiger partial charge on any atom is -0.507 e. The lowest BCUT2D eigenvalue weighted by Gasteiger charge is -2.24. The van der Waals surface area contributed by atoms with E-state index in [9.17, 15) is 23.1 Å². The first kappa shape index (κ1) is 27.3. The van der Waals surface area contributed by atoms with Crippen LogP contribution in [0.25, 0.3) is 11.3 Å². The Hall–Kier alpha value is -3.27. The van der Waals surface area contributed by atoms with Crippen molar-refractivity contribution >= 4 is 33.8 Å². The van der Waals surface area contributed by atoms with Crippen LogP contribution in [0.3, 0.4) is 0 Å². The molecule has 0 spiro atoms. The molecule has 36 heavy (non-hydrogen) atoms. The topological polar surface area (TPSA) is 91.5 Å². The summed E-state index contributed by atoms with van der Waals surface area (Å²) in [5.41, 5.74) is 5.99. The molecule has 194 valence electrons. The molecule has 3 rings (SSSR count). The standard InChI is InChI=1S/C26H31F3N4O2S/c1-3-4-5-6-7-8-13-33(2)22-11-10-18(15-20(22)26(27,28)29)31-25-32-21(16-36-25)17-9-12-23(34)19(14-17)24(30)35/h9-12,14-16,34H,3-8,13H2,1-2H3,(H2,30,35)(H,31,32). The van der Waals surface area contributed by atoms with Gasteiger partial charge in [0.1, 0.15) is 5.75 Å². The van der Waals surface area contributed by atoms with Gasteiger partial charge in [-0.2, -0.15) is 13.2 Å². The first-order valence-electron chi connectivity index (χ1n) is 11.9. The van der Waals surface area contributed by atoms with E-state index in [0.717, 1.165) is 38.2 Å². The molecule has 0 saturated heterocycles. The van der Waals surface area contributed by atoms with Gasteiger partial charge in [0.05, 0.1) is 16.8 Å². The quantitative estimate of drug-likeness (QED) is 0.220. The number of nitrogens with two attached hydrogens (primary N) is 1. The van der Waals surface area contributed by atoms with E-state index in [0.29, 0.717) is 22.9 Å². The summed E-state index contributed by atoms with van der Waals surface area (Å²) in [4.78, 5) is 17.6. The Kier molecular flexibility index (Phi) is 9.19. The van der Waals surface area contributed by atoms with Crippen LogP contribution in [0.2, 0.25) is 0 Å². The number of anilines is 3. The molecule has 1 amide bonds. The number of nitrogens with one attached hydrogen (secondary N) is 1. The molecule has 0 aliphatic rings. The lowest BCUT2D eigenvalue weighted by molar-refractivity contribution is -0.137. The largest absolute Gasteiger partial charge is 0.507 e. The number of carbonyl (C=O) groups excluding carboxylic acids is 1. The second-order valence-electron chi connectivity index (χ2n) is 8.68. The molecule has 1 heterocycles. The highest BCUT2D eigenvalue weighted by Crippen LogP contribution is 2.39. The van der Waals surface area contributed by atoms with Gasteiger partial charge in [0.2, 0.25) is 0 Å². The fraction of sp³-hybridized carbons (Fsp3) is 0.385. The summed E-state index contributed by atoms with van der Waals surface area (Å²) in [6.45, 7) is 2.70. The summed E-state index contributed by atoms with van der Waals surface area (Å²) in [5, 5.41) is 14.8. The number of benzene rings is 2. The lowest BCUT2D eigenvalue weighted by atomic mass is 10.1.